The van der Waals surface area contributed by atoms with Crippen molar-refractivity contribution in [3.63, 3.8) is 0 Å². The van der Waals surface area contributed by atoms with E-state index in [0.717, 1.165) is 35.5 Å². The molecular weight excluding hydrogens is 432 g/mol. The van der Waals surface area contributed by atoms with Gasteiger partial charge in [0.15, 0.2) is 0 Å². The lowest BCUT2D eigenvalue weighted by molar-refractivity contribution is 0.224. The highest BCUT2D eigenvalue weighted by atomic mass is 32.1. The summed E-state index contributed by atoms with van der Waals surface area (Å²) in [6.45, 7) is 3.35. The number of hydrogen-bond acceptors (Lipinski definition) is 6. The number of nitrogens with one attached hydrogen (secondary N) is 1. The fourth-order valence-electron chi connectivity index (χ4n) is 4.12. The van der Waals surface area contributed by atoms with Gasteiger partial charge in [0, 0.05) is 19.6 Å². The van der Waals surface area contributed by atoms with Gasteiger partial charge in [-0.25, -0.2) is 4.98 Å². The van der Waals surface area contributed by atoms with Crippen LogP contribution < -0.4 is 0 Å². The van der Waals surface area contributed by atoms with Crippen LogP contribution in [0.15, 0.2) is 83.2 Å². The zero-order valence-corrected chi connectivity index (χ0v) is 19.1. The predicted molar refractivity (Wildman–Crippen MR) is 133 cm³/mol. The number of furan rings is 1. The Hall–Kier alpha value is -3.42. The zero-order chi connectivity index (χ0) is 22.6. The lowest BCUT2D eigenvalue weighted by Gasteiger charge is -2.26. The highest BCUT2D eigenvalue weighted by Gasteiger charge is 2.30. The van der Waals surface area contributed by atoms with Crippen molar-refractivity contribution in [2.45, 2.75) is 13.0 Å². The molecule has 6 nitrogen and oxygen atoms in total. The number of thiazole rings is 1. The largest absolute Gasteiger partial charge is 0.510 e. The third kappa shape index (κ3) is 4.84. The minimum atomic E-state index is 0.223. The standard InChI is InChI=1S/C26H26N4O2S/c27-25-24(26-28-21-10-4-5-11-23(21)33-26)22(31)18-30(25)15-14-29(17-20-9-6-16-32-20)13-12-19-7-2-1-3-8-19/h1-11,16,27,31H,12-15,17-18H2. The molecule has 0 spiro atoms. The summed E-state index contributed by atoms with van der Waals surface area (Å²) in [6, 6.07) is 22.3. The van der Waals surface area contributed by atoms with Crippen molar-refractivity contribution in [3.8, 4) is 0 Å². The van der Waals surface area contributed by atoms with Gasteiger partial charge >= 0.3 is 0 Å². The number of aromatic nitrogens is 1. The smallest absolute Gasteiger partial charge is 0.135 e. The molecule has 0 saturated heterocycles. The molecule has 0 aliphatic carbocycles. The van der Waals surface area contributed by atoms with Gasteiger partial charge in [-0.15, -0.1) is 11.3 Å². The first-order valence-electron chi connectivity index (χ1n) is 11.1. The summed E-state index contributed by atoms with van der Waals surface area (Å²) in [5.74, 6) is 1.49. The molecule has 0 fully saturated rings. The molecule has 3 heterocycles. The molecule has 0 amide bonds. The monoisotopic (exact) mass is 458 g/mol. The van der Waals surface area contributed by atoms with Gasteiger partial charge in [0.05, 0.1) is 35.1 Å². The topological polar surface area (TPSA) is 76.6 Å². The van der Waals surface area contributed by atoms with E-state index in [-0.39, 0.29) is 5.76 Å². The maximum atomic E-state index is 10.7. The van der Waals surface area contributed by atoms with Crippen LogP contribution in [-0.4, -0.2) is 51.9 Å². The lowest BCUT2D eigenvalue weighted by atomic mass is 10.1. The number of aliphatic hydroxyl groups excluding tert-OH is 1. The van der Waals surface area contributed by atoms with Crippen molar-refractivity contribution in [2.75, 3.05) is 26.2 Å². The Balaban J connectivity index is 1.25. The molecule has 33 heavy (non-hydrogen) atoms. The maximum Gasteiger partial charge on any atom is 0.135 e. The highest BCUT2D eigenvalue weighted by molar-refractivity contribution is 7.19. The Morgan fingerprint density at radius 1 is 1.03 bits per heavy atom. The average Bonchev–Trinajstić information content (AvgIpc) is 3.55. The SMILES string of the molecule is N=C1C(c2nc3ccccc3s2)=C(O)CN1CCN(CCc1ccccc1)Cc1ccco1. The fourth-order valence-corrected chi connectivity index (χ4v) is 5.15. The van der Waals surface area contributed by atoms with E-state index in [0.29, 0.717) is 36.1 Å². The second kappa shape index (κ2) is 9.60. The van der Waals surface area contributed by atoms with E-state index in [2.05, 4.69) is 34.1 Å². The van der Waals surface area contributed by atoms with Crippen molar-refractivity contribution in [3.05, 3.63) is 95.1 Å². The zero-order valence-electron chi connectivity index (χ0n) is 18.3. The second-order valence-electron chi connectivity index (χ2n) is 8.17. The molecule has 168 valence electrons. The van der Waals surface area contributed by atoms with E-state index < -0.39 is 0 Å². The molecule has 0 unspecified atom stereocenters. The van der Waals surface area contributed by atoms with Crippen LogP contribution in [0.1, 0.15) is 16.3 Å². The first kappa shape index (κ1) is 21.4. The average molecular weight is 459 g/mol. The molecule has 1 aliphatic rings. The summed E-state index contributed by atoms with van der Waals surface area (Å²) in [7, 11) is 0. The first-order chi connectivity index (χ1) is 16.2. The summed E-state index contributed by atoms with van der Waals surface area (Å²) in [4.78, 5) is 8.91. The van der Waals surface area contributed by atoms with Crippen LogP contribution >= 0.6 is 11.3 Å². The number of aliphatic hydroxyl groups is 1. The third-order valence-electron chi connectivity index (χ3n) is 5.90. The van der Waals surface area contributed by atoms with Crippen LogP contribution in [0.4, 0.5) is 0 Å². The van der Waals surface area contributed by atoms with Gasteiger partial charge in [-0.05, 0) is 36.2 Å². The number of hydrogen-bond donors (Lipinski definition) is 2. The van der Waals surface area contributed by atoms with Crippen LogP contribution in [0.5, 0.6) is 0 Å². The Bertz CT molecular complexity index is 1230. The van der Waals surface area contributed by atoms with Crippen molar-refractivity contribution in [1.29, 1.82) is 5.41 Å². The van der Waals surface area contributed by atoms with Gasteiger partial charge in [0.25, 0.3) is 0 Å². The Kier molecular flexibility index (Phi) is 6.24. The lowest BCUT2D eigenvalue weighted by Crippen LogP contribution is -2.37. The highest BCUT2D eigenvalue weighted by Crippen LogP contribution is 2.33. The number of para-hydroxylation sites is 1. The molecule has 0 atom stereocenters. The quantitative estimate of drug-likeness (QED) is 0.361. The van der Waals surface area contributed by atoms with Crippen LogP contribution in [0.3, 0.4) is 0 Å². The predicted octanol–water partition coefficient (Wildman–Crippen LogP) is 5.20. The second-order valence-corrected chi connectivity index (χ2v) is 9.20. The van der Waals surface area contributed by atoms with E-state index >= 15 is 0 Å². The Labute approximate surface area is 196 Å². The van der Waals surface area contributed by atoms with Gasteiger partial charge in [-0.1, -0.05) is 42.5 Å². The van der Waals surface area contributed by atoms with E-state index in [1.54, 1.807) is 6.26 Å². The Morgan fingerprint density at radius 3 is 2.64 bits per heavy atom. The molecule has 1 aliphatic heterocycles. The molecule has 2 aromatic carbocycles. The minimum Gasteiger partial charge on any atom is -0.510 e. The molecular formula is C26H26N4O2S. The molecule has 4 aromatic rings. The van der Waals surface area contributed by atoms with Crippen molar-refractivity contribution < 1.29 is 9.52 Å². The van der Waals surface area contributed by atoms with Gasteiger partial charge in [0.2, 0.25) is 0 Å². The van der Waals surface area contributed by atoms with Crippen molar-refractivity contribution in [2.24, 2.45) is 0 Å². The summed E-state index contributed by atoms with van der Waals surface area (Å²) in [5, 5.41) is 20.1. The molecule has 5 rings (SSSR count). The van der Waals surface area contributed by atoms with E-state index in [9.17, 15) is 5.11 Å². The summed E-state index contributed by atoms with van der Waals surface area (Å²) in [6.07, 6.45) is 2.65. The number of amidine groups is 1. The van der Waals surface area contributed by atoms with Crippen LogP contribution in [0, 0.1) is 5.41 Å². The summed E-state index contributed by atoms with van der Waals surface area (Å²) < 4.78 is 6.64. The van der Waals surface area contributed by atoms with Crippen molar-refractivity contribution in [1.82, 2.24) is 14.8 Å². The molecule has 7 heteroatoms. The number of rotatable bonds is 9. The van der Waals surface area contributed by atoms with E-state index in [4.69, 9.17) is 9.83 Å². The summed E-state index contributed by atoms with van der Waals surface area (Å²) in [5.41, 5.74) is 2.75. The maximum absolute atomic E-state index is 10.7. The summed E-state index contributed by atoms with van der Waals surface area (Å²) >= 11 is 1.52. The minimum absolute atomic E-state index is 0.223. The normalized spacial score (nSPS) is 14.2. The van der Waals surface area contributed by atoms with E-state index in [1.165, 1.54) is 16.9 Å². The molecule has 0 saturated carbocycles. The van der Waals surface area contributed by atoms with Crippen molar-refractivity contribution >= 4 is 33.0 Å². The third-order valence-corrected chi connectivity index (χ3v) is 6.95. The number of nitrogens with zero attached hydrogens (tertiary/aromatic N) is 3. The van der Waals surface area contributed by atoms with E-state index in [1.807, 2.05) is 47.4 Å². The van der Waals surface area contributed by atoms with Gasteiger partial charge in [0.1, 0.15) is 22.4 Å². The van der Waals surface area contributed by atoms with Crippen LogP contribution in [-0.2, 0) is 13.0 Å². The van der Waals surface area contributed by atoms with Crippen LogP contribution in [0.2, 0.25) is 0 Å². The Morgan fingerprint density at radius 2 is 1.85 bits per heavy atom. The number of benzene rings is 2. The van der Waals surface area contributed by atoms with Gasteiger partial charge in [-0.3, -0.25) is 10.3 Å². The number of fused-ring (bicyclic) bond motifs is 1. The molecule has 2 N–H and O–H groups in total. The fraction of sp³-hybridized carbons (Fsp3) is 0.231. The van der Waals surface area contributed by atoms with Crippen LogP contribution in [0.25, 0.3) is 15.8 Å². The molecule has 0 radical (unpaired) electrons. The van der Waals surface area contributed by atoms with Gasteiger partial charge in [-0.2, -0.15) is 0 Å². The molecule has 2 aromatic heterocycles. The first-order valence-corrected chi connectivity index (χ1v) is 11.9. The van der Waals surface area contributed by atoms with Gasteiger partial charge < -0.3 is 14.4 Å². The molecule has 0 bridgehead atoms.